The molecule has 0 aliphatic carbocycles. The van der Waals surface area contributed by atoms with Gasteiger partial charge in [0, 0.05) is 17.7 Å². The third-order valence-electron chi connectivity index (χ3n) is 8.30. The molecule has 186 valence electrons. The molecule has 0 spiro atoms. The highest BCUT2D eigenvalue weighted by Gasteiger charge is 2.58. The molecule has 35 heavy (non-hydrogen) atoms. The number of carbonyl (C=O) groups is 2. The Labute approximate surface area is 206 Å². The second-order valence-electron chi connectivity index (χ2n) is 10.5. The maximum Gasteiger partial charge on any atom is 0.235 e. The fraction of sp³-hybridized carbons (Fsp3) is 0.500. The van der Waals surface area contributed by atoms with Gasteiger partial charge in [-0.3, -0.25) is 9.59 Å². The first kappa shape index (κ1) is 24.0. The van der Waals surface area contributed by atoms with E-state index in [4.69, 9.17) is 9.47 Å². The maximum absolute atomic E-state index is 12.6. The lowest BCUT2D eigenvalue weighted by Gasteiger charge is -2.46. The van der Waals surface area contributed by atoms with Crippen LogP contribution in [0, 0.1) is 11.8 Å². The van der Waals surface area contributed by atoms with E-state index in [0.717, 1.165) is 66.7 Å². The summed E-state index contributed by atoms with van der Waals surface area (Å²) < 4.78 is 12.9. The molecule has 7 heteroatoms. The maximum atomic E-state index is 12.6. The number of nitrogens with zero attached hydrogens (tertiary/aromatic N) is 2. The van der Waals surface area contributed by atoms with E-state index in [1.807, 2.05) is 19.1 Å². The number of aliphatic hydroxyl groups is 1. The monoisotopic (exact) mass is 479 g/mol. The van der Waals surface area contributed by atoms with Crippen LogP contribution < -0.4 is 4.74 Å². The number of benzene rings is 2. The first-order valence-electron chi connectivity index (χ1n) is 12.6. The SMILES string of the molecule is C[C@H]1C(COc2cccc3c(CC[N+]4(C)CCOCC4)cccc23)=C(C=O)N2C(=O)[C@H]([C@@H](C)O)C12. The van der Waals surface area contributed by atoms with Gasteiger partial charge < -0.3 is 24.0 Å². The zero-order valence-electron chi connectivity index (χ0n) is 20.8. The molecule has 1 N–H and O–H groups in total. The van der Waals surface area contributed by atoms with Gasteiger partial charge in [0.2, 0.25) is 5.91 Å². The lowest BCUT2D eigenvalue weighted by Crippen LogP contribution is -2.63. The van der Waals surface area contributed by atoms with Crippen LogP contribution in [0.2, 0.25) is 0 Å². The van der Waals surface area contributed by atoms with Crippen molar-refractivity contribution in [3.63, 3.8) is 0 Å². The normalized spacial score (nSPS) is 26.5. The van der Waals surface area contributed by atoms with Crippen LogP contribution in [-0.4, -0.2) is 85.3 Å². The molecule has 0 saturated carbocycles. The van der Waals surface area contributed by atoms with Gasteiger partial charge in [-0.15, -0.1) is 0 Å². The fourth-order valence-corrected chi connectivity index (χ4v) is 6.01. The third-order valence-corrected chi connectivity index (χ3v) is 8.30. The van der Waals surface area contributed by atoms with Crippen molar-refractivity contribution in [1.82, 2.24) is 4.90 Å². The van der Waals surface area contributed by atoms with Crippen LogP contribution in [0.5, 0.6) is 5.75 Å². The topological polar surface area (TPSA) is 76.1 Å². The van der Waals surface area contributed by atoms with Crippen molar-refractivity contribution < 1.29 is 28.7 Å². The zero-order chi connectivity index (χ0) is 24.7. The second-order valence-corrected chi connectivity index (χ2v) is 10.5. The van der Waals surface area contributed by atoms with Crippen LogP contribution in [0.3, 0.4) is 0 Å². The average molecular weight is 480 g/mol. The molecule has 2 aromatic carbocycles. The Balaban J connectivity index is 1.35. The molecule has 0 bridgehead atoms. The molecular weight excluding hydrogens is 444 g/mol. The first-order valence-corrected chi connectivity index (χ1v) is 12.6. The van der Waals surface area contributed by atoms with E-state index in [-0.39, 0.29) is 24.5 Å². The van der Waals surface area contributed by atoms with E-state index in [9.17, 15) is 14.7 Å². The first-order chi connectivity index (χ1) is 16.8. The average Bonchev–Trinajstić information content (AvgIpc) is 3.08. The Kier molecular flexibility index (Phi) is 6.42. The van der Waals surface area contributed by atoms with Gasteiger partial charge in [-0.05, 0) is 29.5 Å². The predicted molar refractivity (Wildman–Crippen MR) is 133 cm³/mol. The number of likely N-dealkylation sites (N-methyl/N-ethyl adjacent to an activating group) is 1. The van der Waals surface area contributed by atoms with Crippen LogP contribution >= 0.6 is 0 Å². The number of ether oxygens (including phenoxy) is 2. The quantitative estimate of drug-likeness (QED) is 0.358. The molecule has 4 atom stereocenters. The zero-order valence-corrected chi connectivity index (χ0v) is 20.8. The smallest absolute Gasteiger partial charge is 0.235 e. The number of rotatable bonds is 8. The van der Waals surface area contributed by atoms with E-state index in [0.29, 0.717) is 5.70 Å². The molecule has 7 nitrogen and oxygen atoms in total. The molecule has 0 radical (unpaired) electrons. The Morgan fingerprint density at radius 3 is 2.63 bits per heavy atom. The van der Waals surface area contributed by atoms with Crippen LogP contribution in [-0.2, 0) is 20.7 Å². The minimum Gasteiger partial charge on any atom is -0.489 e. The van der Waals surface area contributed by atoms with Gasteiger partial charge in [-0.1, -0.05) is 37.3 Å². The number of morpholine rings is 1. The highest BCUT2D eigenvalue weighted by Crippen LogP contribution is 2.46. The fourth-order valence-electron chi connectivity index (χ4n) is 6.01. The van der Waals surface area contributed by atoms with Gasteiger partial charge in [0.05, 0.1) is 50.6 Å². The number of amides is 1. The summed E-state index contributed by atoms with van der Waals surface area (Å²) in [6.07, 6.45) is 0.994. The number of hydrogen-bond acceptors (Lipinski definition) is 5. The number of aliphatic hydroxyl groups excluding tert-OH is 1. The Morgan fingerprint density at radius 1 is 1.20 bits per heavy atom. The lowest BCUT2D eigenvalue weighted by molar-refractivity contribution is -0.916. The summed E-state index contributed by atoms with van der Waals surface area (Å²) in [5.74, 6) is 0.0821. The van der Waals surface area contributed by atoms with E-state index < -0.39 is 12.0 Å². The number of hydrogen-bond donors (Lipinski definition) is 1. The largest absolute Gasteiger partial charge is 0.489 e. The standard InChI is InChI=1S/C28H35N2O5/c1-18-23(24(16-31)29-27(18)26(19(2)32)28(29)33)17-35-25-9-5-7-21-20(6-4-8-22(21)25)10-11-30(3)12-14-34-15-13-30/h4-9,16,18-19,26-27,32H,10-15,17H2,1-3H3/q+1/t18-,19+,26+,27?/m0/s1. The van der Waals surface area contributed by atoms with Gasteiger partial charge in [-0.2, -0.15) is 0 Å². The molecular formula is C28H35N2O5+. The molecule has 2 aromatic rings. The van der Waals surface area contributed by atoms with Crippen molar-refractivity contribution >= 4 is 23.0 Å². The van der Waals surface area contributed by atoms with Gasteiger partial charge >= 0.3 is 0 Å². The molecule has 2 fully saturated rings. The van der Waals surface area contributed by atoms with E-state index in [1.165, 1.54) is 10.9 Å². The van der Waals surface area contributed by atoms with Gasteiger partial charge in [0.25, 0.3) is 0 Å². The number of aldehydes is 1. The number of fused-ring (bicyclic) bond motifs is 2. The van der Waals surface area contributed by atoms with Crippen molar-refractivity contribution in [2.45, 2.75) is 32.4 Å². The van der Waals surface area contributed by atoms with Crippen LogP contribution in [0.15, 0.2) is 47.7 Å². The van der Waals surface area contributed by atoms with Crippen LogP contribution in [0.1, 0.15) is 19.4 Å². The summed E-state index contributed by atoms with van der Waals surface area (Å²) in [4.78, 5) is 26.0. The van der Waals surface area contributed by atoms with Crippen molar-refractivity contribution in [3.8, 4) is 5.75 Å². The second kappa shape index (κ2) is 9.37. The molecule has 3 aliphatic heterocycles. The van der Waals surface area contributed by atoms with Crippen molar-refractivity contribution in [3.05, 3.63) is 53.2 Å². The number of allylic oxidation sites excluding steroid dienone is 1. The summed E-state index contributed by atoms with van der Waals surface area (Å²) in [5, 5.41) is 12.3. The number of carbonyl (C=O) groups excluding carboxylic acids is 2. The molecule has 3 aliphatic rings. The van der Waals surface area contributed by atoms with Crippen molar-refractivity contribution in [1.29, 1.82) is 0 Å². The highest BCUT2D eigenvalue weighted by atomic mass is 16.5. The van der Waals surface area contributed by atoms with E-state index >= 15 is 0 Å². The van der Waals surface area contributed by atoms with Gasteiger partial charge in [0.15, 0.2) is 6.29 Å². The van der Waals surface area contributed by atoms with Crippen LogP contribution in [0.4, 0.5) is 0 Å². The molecule has 5 rings (SSSR count). The highest BCUT2D eigenvalue weighted by molar-refractivity contribution is 5.96. The molecule has 1 unspecified atom stereocenters. The molecule has 3 heterocycles. The third kappa shape index (κ3) is 4.15. The lowest BCUT2D eigenvalue weighted by atomic mass is 9.78. The summed E-state index contributed by atoms with van der Waals surface area (Å²) in [5.41, 5.74) is 2.52. The van der Waals surface area contributed by atoms with Crippen LogP contribution in [0.25, 0.3) is 10.8 Å². The molecule has 0 aromatic heterocycles. The van der Waals surface area contributed by atoms with E-state index in [2.05, 4.69) is 31.3 Å². The summed E-state index contributed by atoms with van der Waals surface area (Å²) in [7, 11) is 2.30. The summed E-state index contributed by atoms with van der Waals surface area (Å²) in [6.45, 7) is 8.67. The van der Waals surface area contributed by atoms with Crippen molar-refractivity contribution in [2.24, 2.45) is 11.8 Å². The summed E-state index contributed by atoms with van der Waals surface area (Å²) >= 11 is 0. The minimum atomic E-state index is -0.738. The Hall–Kier alpha value is -2.74. The molecule has 2 saturated heterocycles. The number of β-lactam (4-membered cyclic amide) rings is 1. The van der Waals surface area contributed by atoms with Gasteiger partial charge in [-0.25, -0.2) is 0 Å². The van der Waals surface area contributed by atoms with E-state index in [1.54, 1.807) is 11.8 Å². The van der Waals surface area contributed by atoms with Crippen molar-refractivity contribution in [2.75, 3.05) is 46.5 Å². The molecule has 1 amide bonds. The van der Waals surface area contributed by atoms with Gasteiger partial charge in [0.1, 0.15) is 25.4 Å². The number of quaternary nitrogens is 1. The summed E-state index contributed by atoms with van der Waals surface area (Å²) in [6, 6.07) is 12.3. The Morgan fingerprint density at radius 2 is 1.91 bits per heavy atom. The Bertz CT molecular complexity index is 1170. The predicted octanol–water partition coefficient (Wildman–Crippen LogP) is 2.55. The minimum absolute atomic E-state index is 0.0453.